The number of aryl methyl sites for hydroxylation is 1. The first-order valence-electron chi connectivity index (χ1n) is 5.44. The molecule has 2 N–H and O–H groups in total. The van der Waals surface area contributed by atoms with Crippen molar-refractivity contribution in [3.63, 3.8) is 0 Å². The van der Waals surface area contributed by atoms with E-state index in [0.29, 0.717) is 6.04 Å². The van der Waals surface area contributed by atoms with Crippen molar-refractivity contribution in [1.29, 1.82) is 0 Å². The monoisotopic (exact) mass is 196 g/mol. The number of aromatic nitrogens is 3. The van der Waals surface area contributed by atoms with Gasteiger partial charge in [-0.1, -0.05) is 13.8 Å². The molecule has 1 rings (SSSR count). The molecule has 0 fully saturated rings. The summed E-state index contributed by atoms with van der Waals surface area (Å²) in [6.45, 7) is 5.50. The molecule has 0 saturated heterocycles. The quantitative estimate of drug-likeness (QED) is 0.650. The maximum absolute atomic E-state index is 4.08. The van der Waals surface area contributed by atoms with Crippen molar-refractivity contribution in [2.75, 3.05) is 6.54 Å². The second-order valence-electron chi connectivity index (χ2n) is 3.50. The van der Waals surface area contributed by atoms with Crippen LogP contribution >= 0.6 is 0 Å². The zero-order valence-electron chi connectivity index (χ0n) is 9.08. The summed E-state index contributed by atoms with van der Waals surface area (Å²) < 4.78 is 0. The zero-order chi connectivity index (χ0) is 10.2. The molecule has 1 heterocycles. The van der Waals surface area contributed by atoms with Crippen LogP contribution in [0.5, 0.6) is 0 Å². The van der Waals surface area contributed by atoms with E-state index >= 15 is 0 Å². The lowest BCUT2D eigenvalue weighted by Gasteiger charge is -2.13. The number of aromatic amines is 1. The smallest absolute Gasteiger partial charge is 0.137 e. The summed E-state index contributed by atoms with van der Waals surface area (Å²) in [6.07, 6.45) is 6.07. The molecule has 14 heavy (non-hydrogen) atoms. The highest BCUT2D eigenvalue weighted by atomic mass is 15.2. The fourth-order valence-corrected chi connectivity index (χ4v) is 1.49. The summed E-state index contributed by atoms with van der Waals surface area (Å²) in [7, 11) is 0. The Balaban J connectivity index is 2.04. The Morgan fingerprint density at radius 2 is 2.21 bits per heavy atom. The molecule has 0 spiro atoms. The Kier molecular flexibility index (Phi) is 5.22. The van der Waals surface area contributed by atoms with Crippen molar-refractivity contribution in [2.45, 2.75) is 45.6 Å². The van der Waals surface area contributed by atoms with E-state index in [1.807, 2.05) is 0 Å². The first-order valence-corrected chi connectivity index (χ1v) is 5.44. The van der Waals surface area contributed by atoms with Gasteiger partial charge in [-0.2, -0.15) is 5.10 Å². The van der Waals surface area contributed by atoms with E-state index in [9.17, 15) is 0 Å². The van der Waals surface area contributed by atoms with Gasteiger partial charge < -0.3 is 5.32 Å². The number of H-pyrrole nitrogens is 1. The number of rotatable bonds is 7. The summed E-state index contributed by atoms with van der Waals surface area (Å²) in [5, 5.41) is 10.2. The summed E-state index contributed by atoms with van der Waals surface area (Å²) in [5.74, 6) is 0.983. The SMILES string of the molecule is CCC(CC)NCCCc1ncn[nH]1. The lowest BCUT2D eigenvalue weighted by molar-refractivity contribution is 0.477. The molecule has 0 aliphatic rings. The van der Waals surface area contributed by atoms with Crippen molar-refractivity contribution in [1.82, 2.24) is 20.5 Å². The highest BCUT2D eigenvalue weighted by Crippen LogP contribution is 1.97. The molecule has 0 atom stereocenters. The standard InChI is InChI=1S/C10H20N4/c1-3-9(4-2)11-7-5-6-10-12-8-13-14-10/h8-9,11H,3-7H2,1-2H3,(H,12,13,14). The van der Waals surface area contributed by atoms with Gasteiger partial charge in [-0.05, 0) is 25.8 Å². The van der Waals surface area contributed by atoms with E-state index in [0.717, 1.165) is 25.2 Å². The van der Waals surface area contributed by atoms with E-state index in [2.05, 4.69) is 34.3 Å². The number of hydrogen-bond donors (Lipinski definition) is 2. The third-order valence-electron chi connectivity index (χ3n) is 2.47. The van der Waals surface area contributed by atoms with Crippen molar-refractivity contribution in [3.8, 4) is 0 Å². The predicted molar refractivity (Wildman–Crippen MR) is 57.1 cm³/mol. The summed E-state index contributed by atoms with van der Waals surface area (Å²) in [6, 6.07) is 0.671. The molecule has 0 unspecified atom stereocenters. The summed E-state index contributed by atoms with van der Waals surface area (Å²) in [4.78, 5) is 4.08. The van der Waals surface area contributed by atoms with Crippen LogP contribution in [0.4, 0.5) is 0 Å². The lowest BCUT2D eigenvalue weighted by atomic mass is 10.1. The Labute approximate surface area is 85.5 Å². The molecular weight excluding hydrogens is 176 g/mol. The third-order valence-corrected chi connectivity index (χ3v) is 2.47. The highest BCUT2D eigenvalue weighted by Gasteiger charge is 2.01. The van der Waals surface area contributed by atoms with E-state index in [-0.39, 0.29) is 0 Å². The number of nitrogens with zero attached hydrogens (tertiary/aromatic N) is 2. The minimum Gasteiger partial charge on any atom is -0.314 e. The molecule has 0 radical (unpaired) electrons. The first kappa shape index (κ1) is 11.2. The Morgan fingerprint density at radius 1 is 1.43 bits per heavy atom. The van der Waals surface area contributed by atoms with Crippen molar-refractivity contribution >= 4 is 0 Å². The van der Waals surface area contributed by atoms with Crippen LogP contribution < -0.4 is 5.32 Å². The van der Waals surface area contributed by atoms with Gasteiger partial charge >= 0.3 is 0 Å². The molecule has 0 aliphatic heterocycles. The summed E-state index contributed by atoms with van der Waals surface area (Å²) in [5.41, 5.74) is 0. The average Bonchev–Trinajstić information content (AvgIpc) is 2.71. The largest absolute Gasteiger partial charge is 0.314 e. The van der Waals surface area contributed by atoms with Gasteiger partial charge in [-0.15, -0.1) is 0 Å². The normalized spacial score (nSPS) is 11.1. The van der Waals surface area contributed by atoms with Crippen LogP contribution in [0.15, 0.2) is 6.33 Å². The predicted octanol–water partition coefficient (Wildman–Crippen LogP) is 1.52. The minimum atomic E-state index is 0.671. The van der Waals surface area contributed by atoms with Gasteiger partial charge in [0.15, 0.2) is 0 Å². The van der Waals surface area contributed by atoms with E-state index in [1.165, 1.54) is 12.8 Å². The molecule has 0 bridgehead atoms. The van der Waals surface area contributed by atoms with Gasteiger partial charge in [0.2, 0.25) is 0 Å². The number of hydrogen-bond acceptors (Lipinski definition) is 3. The van der Waals surface area contributed by atoms with Gasteiger partial charge in [0.25, 0.3) is 0 Å². The van der Waals surface area contributed by atoms with Gasteiger partial charge in [0.1, 0.15) is 12.2 Å². The second-order valence-corrected chi connectivity index (χ2v) is 3.50. The molecule has 1 aromatic heterocycles. The molecule has 4 nitrogen and oxygen atoms in total. The van der Waals surface area contributed by atoms with Crippen molar-refractivity contribution in [3.05, 3.63) is 12.2 Å². The van der Waals surface area contributed by atoms with Crippen LogP contribution in [0, 0.1) is 0 Å². The topological polar surface area (TPSA) is 53.6 Å². The van der Waals surface area contributed by atoms with Gasteiger partial charge in [-0.25, -0.2) is 4.98 Å². The van der Waals surface area contributed by atoms with Crippen LogP contribution in [0.1, 0.15) is 38.9 Å². The fourth-order valence-electron chi connectivity index (χ4n) is 1.49. The molecule has 0 saturated carbocycles. The summed E-state index contributed by atoms with van der Waals surface area (Å²) >= 11 is 0. The highest BCUT2D eigenvalue weighted by molar-refractivity contribution is 4.79. The average molecular weight is 196 g/mol. The molecular formula is C10H20N4. The van der Waals surface area contributed by atoms with E-state index in [4.69, 9.17) is 0 Å². The molecule has 0 aliphatic carbocycles. The molecule has 80 valence electrons. The van der Waals surface area contributed by atoms with Gasteiger partial charge in [-0.3, -0.25) is 5.10 Å². The Morgan fingerprint density at radius 3 is 2.79 bits per heavy atom. The molecule has 1 aromatic rings. The Bertz CT molecular complexity index is 216. The maximum Gasteiger partial charge on any atom is 0.137 e. The van der Waals surface area contributed by atoms with Crippen LogP contribution in [0.3, 0.4) is 0 Å². The first-order chi connectivity index (χ1) is 6.86. The van der Waals surface area contributed by atoms with Crippen LogP contribution in [0.2, 0.25) is 0 Å². The van der Waals surface area contributed by atoms with Crippen molar-refractivity contribution < 1.29 is 0 Å². The fraction of sp³-hybridized carbons (Fsp3) is 0.800. The van der Waals surface area contributed by atoms with Crippen molar-refractivity contribution in [2.24, 2.45) is 0 Å². The molecule has 0 aromatic carbocycles. The third kappa shape index (κ3) is 3.87. The Hall–Kier alpha value is -0.900. The lowest BCUT2D eigenvalue weighted by Crippen LogP contribution is -2.28. The zero-order valence-corrected chi connectivity index (χ0v) is 9.08. The van der Waals surface area contributed by atoms with Crippen LogP contribution in [0.25, 0.3) is 0 Å². The van der Waals surface area contributed by atoms with E-state index < -0.39 is 0 Å². The van der Waals surface area contributed by atoms with Crippen LogP contribution in [-0.2, 0) is 6.42 Å². The molecule has 0 amide bonds. The second kappa shape index (κ2) is 6.54. The minimum absolute atomic E-state index is 0.671. The van der Waals surface area contributed by atoms with Crippen LogP contribution in [-0.4, -0.2) is 27.8 Å². The number of nitrogens with one attached hydrogen (secondary N) is 2. The van der Waals surface area contributed by atoms with Gasteiger partial charge in [0.05, 0.1) is 0 Å². The molecule has 4 heteroatoms. The van der Waals surface area contributed by atoms with E-state index in [1.54, 1.807) is 6.33 Å². The van der Waals surface area contributed by atoms with Gasteiger partial charge in [0, 0.05) is 12.5 Å². The maximum atomic E-state index is 4.08.